The van der Waals surface area contributed by atoms with Crippen molar-refractivity contribution < 1.29 is 19.1 Å². The second kappa shape index (κ2) is 14.7. The fourth-order valence-electron chi connectivity index (χ4n) is 8.23. The number of para-hydroxylation sites is 1. The van der Waals surface area contributed by atoms with Crippen molar-refractivity contribution >= 4 is 23.7 Å². The van der Waals surface area contributed by atoms with Crippen LogP contribution in [-0.4, -0.2) is 103 Å². The molecule has 1 N–H and O–H groups in total. The number of hydrogen-bond acceptors (Lipinski definition) is 5. The molecule has 2 aromatic rings. The predicted octanol–water partition coefficient (Wildman–Crippen LogP) is 5.79. The summed E-state index contributed by atoms with van der Waals surface area (Å²) in [6, 6.07) is 12.2. The van der Waals surface area contributed by atoms with Gasteiger partial charge in [0.1, 0.15) is 0 Å². The lowest BCUT2D eigenvalue weighted by molar-refractivity contribution is -0.142. The van der Waals surface area contributed by atoms with Crippen LogP contribution >= 0.6 is 0 Å². The van der Waals surface area contributed by atoms with E-state index in [4.69, 9.17) is 4.74 Å². The molecule has 0 saturated carbocycles. The molecular weight excluding hydrogens is 590 g/mol. The Morgan fingerprint density at radius 3 is 2.09 bits per heavy atom. The molecule has 1 atom stereocenters. The maximum Gasteiger partial charge on any atom is 0.410 e. The molecule has 4 aliphatic rings. The molecule has 6 rings (SSSR count). The minimum atomic E-state index is -0.864. The Balaban J connectivity index is 1.08. The second-order valence-electron chi connectivity index (χ2n) is 14.5. The fraction of sp³-hybridized carbons (Fsp3) is 0.605. The first kappa shape index (κ1) is 33.3. The van der Waals surface area contributed by atoms with Crippen LogP contribution in [0.15, 0.2) is 36.4 Å². The van der Waals surface area contributed by atoms with Crippen LogP contribution in [0.2, 0.25) is 0 Å². The summed E-state index contributed by atoms with van der Waals surface area (Å²) in [5.41, 5.74) is 6.64. The highest BCUT2D eigenvalue weighted by Crippen LogP contribution is 2.33. The Morgan fingerprint density at radius 1 is 0.830 bits per heavy atom. The molecule has 0 spiro atoms. The minimum absolute atomic E-state index is 0.0511. The predicted molar refractivity (Wildman–Crippen MR) is 185 cm³/mol. The molecule has 3 saturated heterocycles. The van der Waals surface area contributed by atoms with Gasteiger partial charge in [0.15, 0.2) is 6.10 Å². The Morgan fingerprint density at radius 2 is 1.43 bits per heavy atom. The summed E-state index contributed by atoms with van der Waals surface area (Å²) in [6.07, 6.45) is 5.76. The van der Waals surface area contributed by atoms with E-state index in [2.05, 4.69) is 56.2 Å². The second-order valence-corrected chi connectivity index (χ2v) is 14.5. The molecule has 0 aromatic heterocycles. The molecule has 4 heterocycles. The van der Waals surface area contributed by atoms with Gasteiger partial charge in [0.25, 0.3) is 5.91 Å². The normalized spacial score (nSPS) is 21.2. The van der Waals surface area contributed by atoms with E-state index in [-0.39, 0.29) is 18.0 Å². The third-order valence-electron chi connectivity index (χ3n) is 11.5. The van der Waals surface area contributed by atoms with Crippen LogP contribution in [0.1, 0.15) is 66.3 Å². The Kier molecular flexibility index (Phi) is 10.4. The average Bonchev–Trinajstić information content (AvgIpc) is 3.25. The zero-order chi connectivity index (χ0) is 33.1. The van der Waals surface area contributed by atoms with Crippen LogP contribution in [0, 0.1) is 32.6 Å². The number of urea groups is 1. The summed E-state index contributed by atoms with van der Waals surface area (Å²) >= 11 is 0. The van der Waals surface area contributed by atoms with Gasteiger partial charge in [0.05, 0.1) is 0 Å². The Bertz CT molecular complexity index is 1410. The first-order chi connectivity index (χ1) is 22.7. The molecule has 0 radical (unpaired) electrons. The number of nitrogens with zero attached hydrogens (tertiary/aromatic N) is 4. The maximum atomic E-state index is 14.1. The van der Waals surface area contributed by atoms with Crippen molar-refractivity contribution in [3.63, 3.8) is 0 Å². The summed E-state index contributed by atoms with van der Waals surface area (Å²) in [7, 11) is 2.20. The lowest BCUT2D eigenvalue weighted by atomic mass is 9.79. The first-order valence-electron chi connectivity index (χ1n) is 17.8. The van der Waals surface area contributed by atoms with Crippen LogP contribution < -0.4 is 5.32 Å². The molecule has 0 unspecified atom stereocenters. The number of piperidine rings is 3. The molecule has 9 nitrogen and oxygen atoms in total. The van der Waals surface area contributed by atoms with Crippen LogP contribution in [0.3, 0.4) is 0 Å². The molecular formula is C38H53N5O4. The molecule has 9 heteroatoms. The molecule has 0 aliphatic carbocycles. The van der Waals surface area contributed by atoms with E-state index < -0.39 is 12.2 Å². The lowest BCUT2D eigenvalue weighted by Crippen LogP contribution is -2.52. The number of aryl methyl sites for hydroxylation is 2. The Labute approximate surface area is 280 Å². The number of anilines is 1. The summed E-state index contributed by atoms with van der Waals surface area (Å²) in [5, 5.41) is 3.07. The number of rotatable bonds is 6. The smallest absolute Gasteiger partial charge is 0.410 e. The van der Waals surface area contributed by atoms with Crippen molar-refractivity contribution in [3.8, 4) is 0 Å². The van der Waals surface area contributed by atoms with Gasteiger partial charge in [-0.1, -0.05) is 30.3 Å². The molecule has 3 fully saturated rings. The number of likely N-dealkylation sites (tertiary alicyclic amines) is 3. The van der Waals surface area contributed by atoms with E-state index in [1.165, 1.54) is 29.5 Å². The van der Waals surface area contributed by atoms with Gasteiger partial charge in [-0.15, -0.1) is 0 Å². The summed E-state index contributed by atoms with van der Waals surface area (Å²) in [6.45, 7) is 11.7. The zero-order valence-electron chi connectivity index (χ0n) is 28.8. The highest BCUT2D eigenvalue weighted by Gasteiger charge is 2.37. The highest BCUT2D eigenvalue weighted by molar-refractivity contribution is 5.91. The van der Waals surface area contributed by atoms with Crippen molar-refractivity contribution in [2.24, 2.45) is 11.8 Å². The lowest BCUT2D eigenvalue weighted by Gasteiger charge is -2.40. The van der Waals surface area contributed by atoms with E-state index in [0.29, 0.717) is 44.8 Å². The van der Waals surface area contributed by atoms with Gasteiger partial charge in [-0.3, -0.25) is 4.79 Å². The minimum Gasteiger partial charge on any atom is -0.436 e. The van der Waals surface area contributed by atoms with E-state index in [1.54, 1.807) is 4.90 Å². The highest BCUT2D eigenvalue weighted by atomic mass is 16.6. The average molecular weight is 644 g/mol. The summed E-state index contributed by atoms with van der Waals surface area (Å²) in [5.74, 6) is 1.33. The number of carbonyl (C=O) groups is 3. The number of nitrogens with one attached hydrogen (secondary N) is 1. The van der Waals surface area contributed by atoms with Crippen molar-refractivity contribution in [1.82, 2.24) is 19.6 Å². The van der Waals surface area contributed by atoms with Gasteiger partial charge >= 0.3 is 12.1 Å². The van der Waals surface area contributed by atoms with Crippen molar-refractivity contribution in [2.45, 2.75) is 84.3 Å². The van der Waals surface area contributed by atoms with Crippen molar-refractivity contribution in [2.75, 3.05) is 58.2 Å². The zero-order valence-corrected chi connectivity index (χ0v) is 28.8. The van der Waals surface area contributed by atoms with Crippen LogP contribution in [0.5, 0.6) is 0 Å². The van der Waals surface area contributed by atoms with Gasteiger partial charge in [-0.05, 0) is 132 Å². The molecule has 4 aliphatic heterocycles. The maximum absolute atomic E-state index is 14.1. The van der Waals surface area contributed by atoms with Crippen LogP contribution in [-0.2, 0) is 22.4 Å². The third-order valence-corrected chi connectivity index (χ3v) is 11.5. The third kappa shape index (κ3) is 7.77. The number of hydrogen-bond donors (Lipinski definition) is 1. The van der Waals surface area contributed by atoms with Crippen molar-refractivity contribution in [1.29, 1.82) is 0 Å². The fourth-order valence-corrected chi connectivity index (χ4v) is 8.23. The SMILES string of the molecule is Cc1cc(C[C@@H](OC(=O)N2CCC(N3CCc4ccccc4NC3=O)CC2)C(=O)N2CCC(C3CCN(C)CC3)CC2)cc(C)c1C. The van der Waals surface area contributed by atoms with Gasteiger partial charge in [-0.2, -0.15) is 0 Å². The summed E-state index contributed by atoms with van der Waals surface area (Å²) in [4.78, 5) is 48.8. The van der Waals surface area contributed by atoms with E-state index in [0.717, 1.165) is 68.2 Å². The Hall–Kier alpha value is -3.59. The quantitative estimate of drug-likeness (QED) is 0.431. The molecule has 47 heavy (non-hydrogen) atoms. The van der Waals surface area contributed by atoms with Gasteiger partial charge < -0.3 is 29.7 Å². The molecule has 254 valence electrons. The molecule has 2 aromatic carbocycles. The standard InChI is InChI=1S/C38H53N5O4/c1-26-23-29(24-27(2)28(26)3)25-35(36(44)41-18-11-31(12-19-41)30-9-16-40(4)17-10-30)47-38(46)42-20-14-33(15-21-42)43-22-13-32-7-5-6-8-34(32)39-37(43)45/h5-8,23-24,30-31,33,35H,9-22,25H2,1-4H3,(H,39,45)/t35-/m1/s1. The summed E-state index contributed by atoms with van der Waals surface area (Å²) < 4.78 is 6.14. The van der Waals surface area contributed by atoms with Crippen molar-refractivity contribution in [3.05, 3.63) is 64.2 Å². The van der Waals surface area contributed by atoms with E-state index in [1.807, 2.05) is 28.0 Å². The van der Waals surface area contributed by atoms with Gasteiger partial charge in [0, 0.05) is 50.9 Å². The number of benzene rings is 2. The first-order valence-corrected chi connectivity index (χ1v) is 17.8. The monoisotopic (exact) mass is 643 g/mol. The van der Waals surface area contributed by atoms with Gasteiger partial charge in [-0.25, -0.2) is 9.59 Å². The molecule has 4 amide bonds. The van der Waals surface area contributed by atoms with E-state index in [9.17, 15) is 14.4 Å². The number of amides is 4. The number of fused-ring (bicyclic) bond motifs is 1. The van der Waals surface area contributed by atoms with Crippen LogP contribution in [0.4, 0.5) is 15.3 Å². The largest absolute Gasteiger partial charge is 0.436 e. The molecule has 0 bridgehead atoms. The van der Waals surface area contributed by atoms with E-state index >= 15 is 0 Å². The van der Waals surface area contributed by atoms with Gasteiger partial charge in [0.2, 0.25) is 0 Å². The topological polar surface area (TPSA) is 85.4 Å². The van der Waals surface area contributed by atoms with Crippen LogP contribution in [0.25, 0.3) is 0 Å². The number of ether oxygens (including phenoxy) is 1. The number of carbonyl (C=O) groups excluding carboxylic acids is 3.